The van der Waals surface area contributed by atoms with Crippen molar-refractivity contribution in [2.45, 2.75) is 18.9 Å². The van der Waals surface area contributed by atoms with E-state index in [4.69, 9.17) is 5.73 Å². The van der Waals surface area contributed by atoms with Gasteiger partial charge in [-0.05, 0) is 0 Å². The summed E-state index contributed by atoms with van der Waals surface area (Å²) in [4.78, 5) is 0. The van der Waals surface area contributed by atoms with Crippen LogP contribution in [0.4, 0.5) is 0 Å². The number of nitrogens with two attached hydrogens (primary N) is 1. The first-order valence-electron chi connectivity index (χ1n) is 4.43. The predicted octanol–water partition coefficient (Wildman–Crippen LogP) is -0.293. The Morgan fingerprint density at radius 2 is 1.82 bits per heavy atom. The zero-order valence-corrected chi connectivity index (χ0v) is 8.02. The monoisotopic (exact) mass is 166 g/mol. The Morgan fingerprint density at radius 3 is 2.27 bits per heavy atom. The Bertz CT molecular complexity index is 157. The topological polar surface area (TPSA) is 29.3 Å². The van der Waals surface area contributed by atoms with Crippen LogP contribution >= 0.6 is 0 Å². The van der Waals surface area contributed by atoms with Gasteiger partial charge in [0.2, 0.25) is 0 Å². The SMILES string of the molecule is [CH2]=[Al][N]1C[C@H]2CC[C@@H](C1)C2N. The molecule has 1 aliphatic heterocycles. The minimum atomic E-state index is 0.293. The summed E-state index contributed by atoms with van der Waals surface area (Å²) in [6.07, 6.45) is 2.73. The van der Waals surface area contributed by atoms with Crippen molar-refractivity contribution < 1.29 is 0 Å². The summed E-state index contributed by atoms with van der Waals surface area (Å²) in [6.45, 7) is 2.47. The number of hydrogen-bond donors (Lipinski definition) is 1. The number of fused-ring (bicyclic) bond motifs is 2. The number of rotatable bonds is 1. The van der Waals surface area contributed by atoms with Gasteiger partial charge in [-0.2, -0.15) is 0 Å². The quantitative estimate of drug-likeness (QED) is 0.542. The molecule has 0 amide bonds. The number of nitrogens with zero attached hydrogens (tertiary/aromatic N) is 1. The first-order valence-corrected chi connectivity index (χ1v) is 5.76. The Labute approximate surface area is 74.2 Å². The van der Waals surface area contributed by atoms with E-state index in [2.05, 4.69) is 9.27 Å². The fourth-order valence-electron chi connectivity index (χ4n) is 2.45. The summed E-state index contributed by atoms with van der Waals surface area (Å²) in [5.41, 5.74) is 6.06. The zero-order valence-electron chi connectivity index (χ0n) is 6.87. The van der Waals surface area contributed by atoms with Gasteiger partial charge in [0.25, 0.3) is 0 Å². The molecule has 2 aliphatic rings. The van der Waals surface area contributed by atoms with E-state index < -0.39 is 0 Å². The van der Waals surface area contributed by atoms with E-state index in [0.717, 1.165) is 11.8 Å². The second kappa shape index (κ2) is 2.90. The van der Waals surface area contributed by atoms with E-state index in [1.165, 1.54) is 25.9 Å². The Hall–Kier alpha value is 0.162. The van der Waals surface area contributed by atoms with Crippen molar-refractivity contribution in [3.8, 4) is 0 Å². The summed E-state index contributed by atoms with van der Waals surface area (Å²) in [6, 6.07) is 0.511. The summed E-state index contributed by atoms with van der Waals surface area (Å²) in [5, 5.41) is 4.00. The fourth-order valence-corrected chi connectivity index (χ4v) is 3.29. The third kappa shape index (κ3) is 1.26. The van der Waals surface area contributed by atoms with Crippen molar-refractivity contribution in [2.75, 3.05) is 13.1 Å². The van der Waals surface area contributed by atoms with Gasteiger partial charge in [-0.15, -0.1) is 0 Å². The Balaban J connectivity index is 2.07. The van der Waals surface area contributed by atoms with Crippen LogP contribution in [0.15, 0.2) is 0 Å². The van der Waals surface area contributed by atoms with Crippen LogP contribution in [0.1, 0.15) is 12.8 Å². The Kier molecular flexibility index (Phi) is 2.05. The molecular formula is C8H15AlN2. The van der Waals surface area contributed by atoms with Crippen LogP contribution in [0.2, 0.25) is 0 Å². The van der Waals surface area contributed by atoms with Gasteiger partial charge in [-0.3, -0.25) is 0 Å². The molecule has 2 N–H and O–H groups in total. The molecule has 11 heavy (non-hydrogen) atoms. The summed E-state index contributed by atoms with van der Waals surface area (Å²) in [5.74, 6) is 1.59. The molecule has 1 saturated heterocycles. The number of piperidine rings is 1. The van der Waals surface area contributed by atoms with Gasteiger partial charge in [0, 0.05) is 0 Å². The molecule has 1 aliphatic carbocycles. The molecule has 2 nitrogen and oxygen atoms in total. The molecule has 3 atom stereocenters. The van der Waals surface area contributed by atoms with E-state index in [9.17, 15) is 0 Å². The van der Waals surface area contributed by atoms with Crippen LogP contribution in [0.3, 0.4) is 0 Å². The van der Waals surface area contributed by atoms with Crippen molar-refractivity contribution in [3.63, 3.8) is 0 Å². The molecule has 0 aromatic carbocycles. The Morgan fingerprint density at radius 1 is 1.27 bits per heavy atom. The molecule has 60 valence electrons. The molecule has 2 bridgehead atoms. The van der Waals surface area contributed by atoms with Crippen LogP contribution in [0.5, 0.6) is 0 Å². The summed E-state index contributed by atoms with van der Waals surface area (Å²) >= 11 is 0.293. The van der Waals surface area contributed by atoms with E-state index >= 15 is 0 Å². The van der Waals surface area contributed by atoms with Crippen molar-refractivity contribution in [1.82, 2.24) is 3.88 Å². The molecule has 0 aromatic heterocycles. The number of hydrogen-bond acceptors (Lipinski definition) is 2. The average molecular weight is 166 g/mol. The van der Waals surface area contributed by atoms with E-state index in [1.54, 1.807) is 0 Å². The zero-order chi connectivity index (χ0) is 7.84. The molecule has 2 fully saturated rings. The van der Waals surface area contributed by atoms with Crippen molar-refractivity contribution >= 4 is 20.4 Å². The normalized spacial score (nSPS) is 42.3. The van der Waals surface area contributed by atoms with Crippen LogP contribution < -0.4 is 5.73 Å². The fraction of sp³-hybridized carbons (Fsp3) is 0.875. The van der Waals surface area contributed by atoms with Crippen LogP contribution in [-0.2, 0) is 0 Å². The van der Waals surface area contributed by atoms with Gasteiger partial charge in [0.1, 0.15) is 0 Å². The van der Waals surface area contributed by atoms with Crippen LogP contribution in [0.25, 0.3) is 0 Å². The van der Waals surface area contributed by atoms with E-state index in [0.29, 0.717) is 21.0 Å². The van der Waals surface area contributed by atoms with Crippen molar-refractivity contribution in [3.05, 3.63) is 0 Å². The van der Waals surface area contributed by atoms with Crippen molar-refractivity contribution in [1.29, 1.82) is 0 Å². The first kappa shape index (κ1) is 7.79. The molecule has 1 unspecified atom stereocenters. The summed E-state index contributed by atoms with van der Waals surface area (Å²) in [7, 11) is 0. The molecule has 0 aromatic rings. The van der Waals surface area contributed by atoms with Gasteiger partial charge >= 0.3 is 73.8 Å². The molecular weight excluding hydrogens is 151 g/mol. The van der Waals surface area contributed by atoms with Crippen LogP contribution in [-0.4, -0.2) is 43.4 Å². The molecule has 1 heterocycles. The standard InChI is InChI=1S/C7H13N2.CH2.Al/c8-7-5-1-2-6(7)4-9-3-5;;/h5-7H,1-4,8H2;1H2;/q-1;;+1/t5-,6+,7?;;. The van der Waals surface area contributed by atoms with E-state index in [1.807, 2.05) is 0 Å². The maximum atomic E-state index is 6.06. The molecule has 3 heteroatoms. The van der Waals surface area contributed by atoms with Gasteiger partial charge in [-0.1, -0.05) is 0 Å². The molecule has 2 rings (SSSR count). The first-order chi connectivity index (χ1) is 5.31. The minimum absolute atomic E-state index is 0.293. The van der Waals surface area contributed by atoms with Gasteiger partial charge in [-0.25, -0.2) is 0 Å². The molecule has 0 spiro atoms. The second-order valence-corrected chi connectivity index (χ2v) is 4.91. The van der Waals surface area contributed by atoms with Crippen LogP contribution in [0, 0.1) is 11.8 Å². The van der Waals surface area contributed by atoms with Gasteiger partial charge in [0.15, 0.2) is 0 Å². The van der Waals surface area contributed by atoms with Gasteiger partial charge < -0.3 is 0 Å². The third-order valence-corrected chi connectivity index (χ3v) is 4.13. The summed E-state index contributed by atoms with van der Waals surface area (Å²) < 4.78 is 2.52. The molecule has 1 saturated carbocycles. The predicted molar refractivity (Wildman–Crippen MR) is 48.6 cm³/mol. The third-order valence-electron chi connectivity index (χ3n) is 3.19. The maximum absolute atomic E-state index is 6.06. The van der Waals surface area contributed by atoms with Gasteiger partial charge in [0.05, 0.1) is 0 Å². The average Bonchev–Trinajstić information content (AvgIpc) is 2.26. The second-order valence-electron chi connectivity index (χ2n) is 3.81. The van der Waals surface area contributed by atoms with Crippen molar-refractivity contribution in [2.24, 2.45) is 17.6 Å². The molecule has 0 radical (unpaired) electrons. The van der Waals surface area contributed by atoms with E-state index in [-0.39, 0.29) is 0 Å².